The summed E-state index contributed by atoms with van der Waals surface area (Å²) in [5.41, 5.74) is 0.859. The molecular formula is C17H18N2O5S. The van der Waals surface area contributed by atoms with Crippen molar-refractivity contribution < 1.29 is 22.6 Å². The van der Waals surface area contributed by atoms with E-state index in [-0.39, 0.29) is 11.0 Å². The van der Waals surface area contributed by atoms with Crippen LogP contribution >= 0.6 is 0 Å². The molecule has 0 saturated carbocycles. The zero-order valence-corrected chi connectivity index (χ0v) is 14.5. The Labute approximate surface area is 146 Å². The van der Waals surface area contributed by atoms with Crippen LogP contribution in [0.3, 0.4) is 0 Å². The molecule has 2 aromatic rings. The number of aryl methyl sites for hydroxylation is 1. The Bertz CT molecular complexity index is 894. The van der Waals surface area contributed by atoms with Crippen molar-refractivity contribution in [3.63, 3.8) is 0 Å². The molecule has 1 aromatic carbocycles. The number of hydrogen-bond acceptors (Lipinski definition) is 6. The summed E-state index contributed by atoms with van der Waals surface area (Å²) >= 11 is 0. The lowest BCUT2D eigenvalue weighted by molar-refractivity contribution is 0.0719. The normalized spacial score (nSPS) is 17.8. The van der Waals surface area contributed by atoms with Crippen LogP contribution in [0.4, 0.5) is 0 Å². The van der Waals surface area contributed by atoms with Crippen molar-refractivity contribution >= 4 is 10.0 Å². The van der Waals surface area contributed by atoms with E-state index in [2.05, 4.69) is 4.98 Å². The SMILES string of the molecule is Cc1cccc(OC2CN(S(=O)(=O)c3ccc4c(c3)OCCO4)C2)n1. The van der Waals surface area contributed by atoms with Crippen LogP contribution < -0.4 is 14.2 Å². The second-order valence-corrected chi connectivity index (χ2v) is 7.92. The number of rotatable bonds is 4. The Morgan fingerprint density at radius 3 is 2.64 bits per heavy atom. The van der Waals surface area contributed by atoms with E-state index < -0.39 is 10.0 Å². The zero-order valence-electron chi connectivity index (χ0n) is 13.7. The first-order valence-corrected chi connectivity index (χ1v) is 9.46. The minimum Gasteiger partial charge on any atom is -0.486 e. The number of sulfonamides is 1. The van der Waals surface area contributed by atoms with Crippen LogP contribution in [-0.2, 0) is 10.0 Å². The molecule has 2 aliphatic heterocycles. The quantitative estimate of drug-likeness (QED) is 0.822. The molecule has 7 nitrogen and oxygen atoms in total. The average Bonchev–Trinajstić information content (AvgIpc) is 2.57. The summed E-state index contributed by atoms with van der Waals surface area (Å²) in [6, 6.07) is 10.2. The van der Waals surface area contributed by atoms with Gasteiger partial charge in [0.05, 0.1) is 18.0 Å². The van der Waals surface area contributed by atoms with Crippen molar-refractivity contribution in [1.29, 1.82) is 0 Å². The van der Waals surface area contributed by atoms with Crippen molar-refractivity contribution in [3.05, 3.63) is 42.1 Å². The third-order valence-corrected chi connectivity index (χ3v) is 5.94. The lowest BCUT2D eigenvalue weighted by Crippen LogP contribution is -2.56. The molecule has 0 amide bonds. The Balaban J connectivity index is 1.44. The number of hydrogen-bond donors (Lipinski definition) is 0. The van der Waals surface area contributed by atoms with Crippen LogP contribution in [0, 0.1) is 6.92 Å². The Morgan fingerprint density at radius 2 is 1.88 bits per heavy atom. The molecule has 0 radical (unpaired) electrons. The maximum Gasteiger partial charge on any atom is 0.243 e. The Morgan fingerprint density at radius 1 is 1.12 bits per heavy atom. The molecule has 2 aliphatic rings. The number of benzene rings is 1. The van der Waals surface area contributed by atoms with Gasteiger partial charge in [0.15, 0.2) is 11.5 Å². The van der Waals surface area contributed by atoms with Gasteiger partial charge in [0.2, 0.25) is 15.9 Å². The van der Waals surface area contributed by atoms with Gasteiger partial charge in [-0.2, -0.15) is 4.31 Å². The first-order chi connectivity index (χ1) is 12.0. The fourth-order valence-electron chi connectivity index (χ4n) is 2.76. The summed E-state index contributed by atoms with van der Waals surface area (Å²) in [4.78, 5) is 4.47. The van der Waals surface area contributed by atoms with E-state index in [1.54, 1.807) is 18.2 Å². The molecule has 3 heterocycles. The Hall–Kier alpha value is -2.32. The van der Waals surface area contributed by atoms with Crippen molar-refractivity contribution in [2.75, 3.05) is 26.3 Å². The molecule has 8 heteroatoms. The number of aromatic nitrogens is 1. The van der Waals surface area contributed by atoms with Gasteiger partial charge in [-0.15, -0.1) is 0 Å². The molecule has 1 fully saturated rings. The molecule has 0 atom stereocenters. The van der Waals surface area contributed by atoms with E-state index >= 15 is 0 Å². The number of pyridine rings is 1. The summed E-state index contributed by atoms with van der Waals surface area (Å²) < 4.78 is 43.4. The highest BCUT2D eigenvalue weighted by Gasteiger charge is 2.38. The van der Waals surface area contributed by atoms with Gasteiger partial charge in [-0.05, 0) is 25.1 Å². The third kappa shape index (κ3) is 3.14. The molecule has 0 spiro atoms. The highest BCUT2D eigenvalue weighted by atomic mass is 32.2. The minimum atomic E-state index is -3.57. The fraction of sp³-hybridized carbons (Fsp3) is 0.353. The topological polar surface area (TPSA) is 78.0 Å². The average molecular weight is 362 g/mol. The van der Waals surface area contributed by atoms with Crippen molar-refractivity contribution in [1.82, 2.24) is 9.29 Å². The minimum absolute atomic E-state index is 0.193. The molecule has 0 aliphatic carbocycles. The second-order valence-electron chi connectivity index (χ2n) is 5.98. The van der Waals surface area contributed by atoms with E-state index in [0.29, 0.717) is 43.7 Å². The third-order valence-electron chi connectivity index (χ3n) is 4.12. The van der Waals surface area contributed by atoms with Gasteiger partial charge < -0.3 is 14.2 Å². The molecule has 0 N–H and O–H groups in total. The molecule has 0 bridgehead atoms. The maximum absolute atomic E-state index is 12.7. The summed E-state index contributed by atoms with van der Waals surface area (Å²) in [6.45, 7) is 3.36. The lowest BCUT2D eigenvalue weighted by Gasteiger charge is -2.37. The van der Waals surface area contributed by atoms with Crippen LogP contribution in [0.5, 0.6) is 17.4 Å². The van der Waals surface area contributed by atoms with Crippen LogP contribution in [0.2, 0.25) is 0 Å². The molecule has 25 heavy (non-hydrogen) atoms. The Kier molecular flexibility index (Phi) is 4.01. The van der Waals surface area contributed by atoms with Gasteiger partial charge in [0.25, 0.3) is 0 Å². The molecule has 1 saturated heterocycles. The zero-order chi connectivity index (χ0) is 17.4. The summed E-state index contributed by atoms with van der Waals surface area (Å²) in [6.07, 6.45) is -0.193. The molecule has 0 unspecified atom stereocenters. The molecule has 1 aromatic heterocycles. The van der Waals surface area contributed by atoms with Gasteiger partial charge in [-0.25, -0.2) is 13.4 Å². The summed E-state index contributed by atoms with van der Waals surface area (Å²) in [5, 5.41) is 0. The van der Waals surface area contributed by atoms with Crippen LogP contribution in [0.25, 0.3) is 0 Å². The maximum atomic E-state index is 12.7. The predicted molar refractivity (Wildman–Crippen MR) is 89.6 cm³/mol. The standard InChI is InChI=1S/C17H18N2O5S/c1-12-3-2-4-17(18-12)24-13-10-19(11-13)25(20,21)14-5-6-15-16(9-14)23-8-7-22-15/h2-6,9,13H,7-8,10-11H2,1H3. The van der Waals surface area contributed by atoms with Gasteiger partial charge in [0, 0.05) is 17.8 Å². The molecular weight excluding hydrogens is 344 g/mol. The summed E-state index contributed by atoms with van der Waals surface area (Å²) in [7, 11) is -3.57. The van der Waals surface area contributed by atoms with Crippen LogP contribution in [-0.4, -0.2) is 50.1 Å². The highest BCUT2D eigenvalue weighted by Crippen LogP contribution is 2.34. The molecule has 4 rings (SSSR count). The largest absolute Gasteiger partial charge is 0.486 e. The van der Waals surface area contributed by atoms with Gasteiger partial charge >= 0.3 is 0 Å². The first-order valence-electron chi connectivity index (χ1n) is 8.02. The number of fused-ring (bicyclic) bond motifs is 1. The lowest BCUT2D eigenvalue weighted by atomic mass is 10.2. The monoisotopic (exact) mass is 362 g/mol. The van der Waals surface area contributed by atoms with Crippen molar-refractivity contribution in [3.8, 4) is 17.4 Å². The number of ether oxygens (including phenoxy) is 3. The van der Waals surface area contributed by atoms with Crippen LogP contribution in [0.15, 0.2) is 41.3 Å². The van der Waals surface area contributed by atoms with Crippen molar-refractivity contribution in [2.45, 2.75) is 17.9 Å². The number of nitrogens with zero attached hydrogens (tertiary/aromatic N) is 2. The van der Waals surface area contributed by atoms with Gasteiger partial charge in [-0.1, -0.05) is 6.07 Å². The smallest absolute Gasteiger partial charge is 0.243 e. The summed E-state index contributed by atoms with van der Waals surface area (Å²) in [5.74, 6) is 1.55. The van der Waals surface area contributed by atoms with E-state index in [4.69, 9.17) is 14.2 Å². The second kappa shape index (κ2) is 6.20. The van der Waals surface area contributed by atoms with Crippen LogP contribution in [0.1, 0.15) is 5.69 Å². The van der Waals surface area contributed by atoms with E-state index in [9.17, 15) is 8.42 Å². The molecule has 132 valence electrons. The predicted octanol–water partition coefficient (Wildman–Crippen LogP) is 1.61. The van der Waals surface area contributed by atoms with E-state index in [1.807, 2.05) is 19.1 Å². The van der Waals surface area contributed by atoms with E-state index in [0.717, 1.165) is 5.69 Å². The van der Waals surface area contributed by atoms with Gasteiger partial charge in [-0.3, -0.25) is 0 Å². The van der Waals surface area contributed by atoms with E-state index in [1.165, 1.54) is 10.4 Å². The fourth-order valence-corrected chi connectivity index (χ4v) is 4.28. The van der Waals surface area contributed by atoms with Gasteiger partial charge in [0.1, 0.15) is 19.3 Å². The van der Waals surface area contributed by atoms with Crippen molar-refractivity contribution in [2.24, 2.45) is 0 Å². The first kappa shape index (κ1) is 16.2. The highest BCUT2D eigenvalue weighted by molar-refractivity contribution is 7.89.